The zero-order valence-corrected chi connectivity index (χ0v) is 16.9. The highest BCUT2D eigenvalue weighted by Crippen LogP contribution is 2.34. The van der Waals surface area contributed by atoms with E-state index in [9.17, 15) is 14.4 Å². The molecule has 7 nitrogen and oxygen atoms in total. The molecule has 0 saturated carbocycles. The predicted molar refractivity (Wildman–Crippen MR) is 108 cm³/mol. The quantitative estimate of drug-likeness (QED) is 0.502. The van der Waals surface area contributed by atoms with Crippen molar-refractivity contribution in [2.24, 2.45) is 0 Å². The van der Waals surface area contributed by atoms with E-state index in [4.69, 9.17) is 23.2 Å². The van der Waals surface area contributed by atoms with Gasteiger partial charge >= 0.3 is 0 Å². The van der Waals surface area contributed by atoms with E-state index in [0.717, 1.165) is 0 Å². The zero-order chi connectivity index (χ0) is 20.9. The van der Waals surface area contributed by atoms with Crippen LogP contribution in [-0.2, 0) is 0 Å². The van der Waals surface area contributed by atoms with Crippen LogP contribution in [0.25, 0.3) is 10.9 Å². The molecule has 4 rings (SSSR count). The van der Waals surface area contributed by atoms with Crippen LogP contribution in [-0.4, -0.2) is 32.7 Å². The number of rotatable bonds is 3. The molecule has 146 valence electrons. The van der Waals surface area contributed by atoms with Gasteiger partial charge in [-0.2, -0.15) is 5.01 Å². The summed E-state index contributed by atoms with van der Waals surface area (Å²) in [6.45, 7) is 3.75. The molecule has 0 aliphatic carbocycles. The second-order valence-corrected chi connectivity index (χ2v) is 7.64. The van der Waals surface area contributed by atoms with Gasteiger partial charge in [0.15, 0.2) is 0 Å². The van der Waals surface area contributed by atoms with E-state index in [1.165, 1.54) is 18.3 Å². The second kappa shape index (κ2) is 7.09. The topological polar surface area (TPSA) is 92.3 Å². The smallest absolute Gasteiger partial charge is 0.267 e. The van der Waals surface area contributed by atoms with Crippen LogP contribution < -0.4 is 5.43 Å². The summed E-state index contributed by atoms with van der Waals surface area (Å²) in [6, 6.07) is 7.72. The summed E-state index contributed by atoms with van der Waals surface area (Å²) >= 11 is 11.9. The monoisotopic (exact) mass is 428 g/mol. The lowest BCUT2D eigenvalue weighted by molar-refractivity contribution is 0.0518. The number of pyridine rings is 2. The van der Waals surface area contributed by atoms with Gasteiger partial charge in [0, 0.05) is 22.2 Å². The fourth-order valence-electron chi connectivity index (χ4n) is 3.24. The molecule has 3 aromatic rings. The number of aromatic nitrogens is 2. The van der Waals surface area contributed by atoms with Crippen molar-refractivity contribution in [2.75, 3.05) is 0 Å². The summed E-state index contributed by atoms with van der Waals surface area (Å²) in [4.78, 5) is 47.1. The number of halogens is 2. The van der Waals surface area contributed by atoms with Crippen LogP contribution >= 0.6 is 23.2 Å². The minimum Gasteiger partial charge on any atom is -0.267 e. The number of hydrazine groups is 1. The van der Waals surface area contributed by atoms with Crippen LogP contribution in [0.5, 0.6) is 0 Å². The summed E-state index contributed by atoms with van der Waals surface area (Å²) in [7, 11) is 0. The molecule has 1 aliphatic heterocycles. The SMILES string of the molecule is CC(C)c1nc2ccc(Cl)cc2c2c1C(=O)N(NC(=O)c1ccnc(Cl)c1)C2=O. The van der Waals surface area contributed by atoms with E-state index in [1.807, 2.05) is 13.8 Å². The van der Waals surface area contributed by atoms with Crippen LogP contribution in [0.3, 0.4) is 0 Å². The third kappa shape index (κ3) is 3.22. The fourth-order valence-corrected chi connectivity index (χ4v) is 3.58. The molecule has 0 fully saturated rings. The van der Waals surface area contributed by atoms with Gasteiger partial charge in [-0.05, 0) is 36.2 Å². The molecule has 0 radical (unpaired) electrons. The minimum atomic E-state index is -0.662. The third-order valence-electron chi connectivity index (χ3n) is 4.56. The van der Waals surface area contributed by atoms with E-state index < -0.39 is 17.7 Å². The number of nitrogens with zero attached hydrogens (tertiary/aromatic N) is 3. The number of benzene rings is 1. The summed E-state index contributed by atoms with van der Waals surface area (Å²) < 4.78 is 0. The van der Waals surface area contributed by atoms with Crippen molar-refractivity contribution in [2.45, 2.75) is 19.8 Å². The Morgan fingerprint density at radius 1 is 1.07 bits per heavy atom. The number of fused-ring (bicyclic) bond motifs is 3. The molecular weight excluding hydrogens is 415 g/mol. The number of carbonyl (C=O) groups is 3. The first-order chi connectivity index (χ1) is 13.8. The first-order valence-corrected chi connectivity index (χ1v) is 9.48. The van der Waals surface area contributed by atoms with Crippen molar-refractivity contribution in [3.63, 3.8) is 0 Å². The lowest BCUT2D eigenvalue weighted by Crippen LogP contribution is -2.46. The van der Waals surface area contributed by atoms with Gasteiger partial charge in [0.2, 0.25) is 0 Å². The van der Waals surface area contributed by atoms with Crippen LogP contribution in [0.4, 0.5) is 0 Å². The summed E-state index contributed by atoms with van der Waals surface area (Å²) in [6.07, 6.45) is 1.36. The van der Waals surface area contributed by atoms with E-state index in [1.54, 1.807) is 18.2 Å². The lowest BCUT2D eigenvalue weighted by Gasteiger charge is -2.15. The van der Waals surface area contributed by atoms with Gasteiger partial charge in [-0.15, -0.1) is 0 Å². The van der Waals surface area contributed by atoms with Crippen molar-refractivity contribution >= 4 is 51.8 Å². The van der Waals surface area contributed by atoms with Gasteiger partial charge < -0.3 is 0 Å². The molecule has 0 atom stereocenters. The Bertz CT molecular complexity index is 1210. The summed E-state index contributed by atoms with van der Waals surface area (Å²) in [5.74, 6) is -2.06. The molecule has 1 aliphatic rings. The van der Waals surface area contributed by atoms with Gasteiger partial charge in [-0.1, -0.05) is 37.0 Å². The highest BCUT2D eigenvalue weighted by Gasteiger charge is 2.41. The largest absolute Gasteiger partial charge is 0.282 e. The average molecular weight is 429 g/mol. The molecule has 0 saturated heterocycles. The Kier molecular flexibility index (Phi) is 4.72. The second-order valence-electron chi connectivity index (χ2n) is 6.82. The molecule has 3 amide bonds. The maximum Gasteiger partial charge on any atom is 0.282 e. The van der Waals surface area contributed by atoms with E-state index >= 15 is 0 Å². The maximum atomic E-state index is 13.1. The maximum absolute atomic E-state index is 13.1. The number of imide groups is 1. The number of nitrogens with one attached hydrogen (secondary N) is 1. The first-order valence-electron chi connectivity index (χ1n) is 8.72. The van der Waals surface area contributed by atoms with Crippen molar-refractivity contribution < 1.29 is 14.4 Å². The normalized spacial score (nSPS) is 13.3. The standard InChI is InChI=1S/C20H14Cl2N4O3/c1-9(2)17-16-15(12-8-11(21)3-4-13(12)24-17)19(28)26(20(16)29)25-18(27)10-5-6-23-14(22)7-10/h3-9H,1-2H3,(H,25,27). The minimum absolute atomic E-state index is 0.116. The lowest BCUT2D eigenvalue weighted by atomic mass is 9.97. The van der Waals surface area contributed by atoms with E-state index in [2.05, 4.69) is 15.4 Å². The van der Waals surface area contributed by atoms with Crippen LogP contribution in [0.15, 0.2) is 36.5 Å². The summed E-state index contributed by atoms with van der Waals surface area (Å²) in [5.41, 5.74) is 3.91. The van der Waals surface area contributed by atoms with Gasteiger partial charge in [0.05, 0.1) is 22.3 Å². The number of amides is 3. The molecular formula is C20H14Cl2N4O3. The Labute approximate surface area is 175 Å². The molecule has 3 heterocycles. The molecule has 29 heavy (non-hydrogen) atoms. The summed E-state index contributed by atoms with van der Waals surface area (Å²) in [5, 5.41) is 1.69. The van der Waals surface area contributed by atoms with E-state index in [-0.39, 0.29) is 27.8 Å². The molecule has 0 bridgehead atoms. The number of hydrogen-bond donors (Lipinski definition) is 1. The van der Waals surface area contributed by atoms with Gasteiger partial charge in [-0.3, -0.25) is 24.8 Å². The van der Waals surface area contributed by atoms with Gasteiger partial charge in [0.25, 0.3) is 17.7 Å². The van der Waals surface area contributed by atoms with E-state index in [0.29, 0.717) is 26.6 Å². The third-order valence-corrected chi connectivity index (χ3v) is 5.00. The van der Waals surface area contributed by atoms with Gasteiger partial charge in [-0.25, -0.2) is 4.98 Å². The Hall–Kier alpha value is -3.03. The highest BCUT2D eigenvalue weighted by molar-refractivity contribution is 6.32. The average Bonchev–Trinajstić information content (AvgIpc) is 2.92. The van der Waals surface area contributed by atoms with Crippen LogP contribution in [0, 0.1) is 0 Å². The van der Waals surface area contributed by atoms with Crippen LogP contribution in [0.2, 0.25) is 10.2 Å². The van der Waals surface area contributed by atoms with Crippen molar-refractivity contribution in [1.29, 1.82) is 0 Å². The molecule has 9 heteroatoms. The number of hydrogen-bond acceptors (Lipinski definition) is 5. The Balaban J connectivity index is 1.82. The number of carbonyl (C=O) groups excluding carboxylic acids is 3. The Morgan fingerprint density at radius 2 is 1.79 bits per heavy atom. The van der Waals surface area contributed by atoms with Crippen LogP contribution in [0.1, 0.15) is 56.5 Å². The Morgan fingerprint density at radius 3 is 2.48 bits per heavy atom. The van der Waals surface area contributed by atoms with Crippen molar-refractivity contribution in [3.05, 3.63) is 69.1 Å². The zero-order valence-electron chi connectivity index (χ0n) is 15.4. The molecule has 0 spiro atoms. The molecule has 1 N–H and O–H groups in total. The first kappa shape index (κ1) is 19.3. The van der Waals surface area contributed by atoms with Crippen molar-refractivity contribution in [1.82, 2.24) is 20.4 Å². The molecule has 2 aromatic heterocycles. The predicted octanol–water partition coefficient (Wildman–Crippen LogP) is 4.00. The highest BCUT2D eigenvalue weighted by atomic mass is 35.5. The fraction of sp³-hybridized carbons (Fsp3) is 0.150. The van der Waals surface area contributed by atoms with Crippen molar-refractivity contribution in [3.8, 4) is 0 Å². The molecule has 0 unspecified atom stereocenters. The van der Waals surface area contributed by atoms with Gasteiger partial charge in [0.1, 0.15) is 5.15 Å². The molecule has 1 aromatic carbocycles.